The summed E-state index contributed by atoms with van der Waals surface area (Å²) < 4.78 is 1.70. The van der Waals surface area contributed by atoms with E-state index >= 15 is 0 Å². The van der Waals surface area contributed by atoms with Crippen LogP contribution in [0.1, 0.15) is 5.69 Å². The molecular formula is C8H6ClN3O2. The molecule has 2 rings (SSSR count). The van der Waals surface area contributed by atoms with Gasteiger partial charge in [-0.2, -0.15) is 0 Å². The number of nitro groups is 1. The van der Waals surface area contributed by atoms with Crippen molar-refractivity contribution in [1.29, 1.82) is 0 Å². The van der Waals surface area contributed by atoms with E-state index in [1.165, 1.54) is 12.1 Å². The van der Waals surface area contributed by atoms with Gasteiger partial charge in [-0.1, -0.05) is 0 Å². The Morgan fingerprint density at radius 1 is 1.64 bits per heavy atom. The van der Waals surface area contributed by atoms with Crippen molar-refractivity contribution >= 4 is 22.9 Å². The van der Waals surface area contributed by atoms with Crippen molar-refractivity contribution in [2.75, 3.05) is 0 Å². The highest BCUT2D eigenvalue weighted by molar-refractivity contribution is 6.16. The van der Waals surface area contributed by atoms with Gasteiger partial charge in [-0.25, -0.2) is 4.98 Å². The number of hydrogen-bond donors (Lipinski definition) is 0. The standard InChI is InChI=1S/C8H6ClN3O2/c9-4-6-5-11-2-1-7(12(13)14)3-8(11)10-6/h1-3,5H,4H2. The van der Waals surface area contributed by atoms with E-state index in [1.54, 1.807) is 16.8 Å². The molecule has 5 nitrogen and oxygen atoms in total. The van der Waals surface area contributed by atoms with E-state index in [1.807, 2.05) is 0 Å². The Balaban J connectivity index is 2.59. The predicted molar refractivity (Wildman–Crippen MR) is 51.4 cm³/mol. The number of imidazole rings is 1. The van der Waals surface area contributed by atoms with Gasteiger partial charge in [0.05, 0.1) is 22.6 Å². The van der Waals surface area contributed by atoms with Crippen molar-refractivity contribution in [3.63, 3.8) is 0 Å². The van der Waals surface area contributed by atoms with Gasteiger partial charge in [-0.3, -0.25) is 10.1 Å². The average Bonchev–Trinajstić information content (AvgIpc) is 2.58. The minimum absolute atomic E-state index is 0.0317. The van der Waals surface area contributed by atoms with Gasteiger partial charge >= 0.3 is 0 Å². The zero-order valence-corrected chi connectivity index (χ0v) is 7.81. The molecule has 0 N–H and O–H groups in total. The zero-order chi connectivity index (χ0) is 10.1. The van der Waals surface area contributed by atoms with Crippen molar-refractivity contribution in [3.05, 3.63) is 40.3 Å². The third-order valence-electron chi connectivity index (χ3n) is 1.84. The first-order valence-electron chi connectivity index (χ1n) is 3.88. The summed E-state index contributed by atoms with van der Waals surface area (Å²) in [6, 6.07) is 2.84. The number of aromatic nitrogens is 2. The van der Waals surface area contributed by atoms with Gasteiger partial charge in [0.25, 0.3) is 5.69 Å². The molecule has 0 fully saturated rings. The molecule has 2 aromatic rings. The van der Waals surface area contributed by atoms with Crippen LogP contribution in [0.5, 0.6) is 0 Å². The van der Waals surface area contributed by atoms with Crippen molar-refractivity contribution in [2.24, 2.45) is 0 Å². The highest BCUT2D eigenvalue weighted by Gasteiger charge is 2.07. The first-order valence-corrected chi connectivity index (χ1v) is 4.42. The lowest BCUT2D eigenvalue weighted by atomic mass is 10.4. The fourth-order valence-electron chi connectivity index (χ4n) is 1.20. The van der Waals surface area contributed by atoms with Crippen LogP contribution in [-0.4, -0.2) is 14.3 Å². The molecule has 0 saturated carbocycles. The Hall–Kier alpha value is -1.62. The number of halogens is 1. The van der Waals surface area contributed by atoms with Crippen LogP contribution in [-0.2, 0) is 5.88 Å². The molecule has 2 aromatic heterocycles. The molecular weight excluding hydrogens is 206 g/mol. The van der Waals surface area contributed by atoms with Crippen molar-refractivity contribution in [2.45, 2.75) is 5.88 Å². The Kier molecular flexibility index (Phi) is 2.09. The molecule has 0 bridgehead atoms. The lowest BCUT2D eigenvalue weighted by Gasteiger charge is -1.92. The van der Waals surface area contributed by atoms with Crippen molar-refractivity contribution < 1.29 is 4.92 Å². The van der Waals surface area contributed by atoms with E-state index in [2.05, 4.69) is 4.98 Å². The number of rotatable bonds is 2. The predicted octanol–water partition coefficient (Wildman–Crippen LogP) is 1.98. The number of hydrogen-bond acceptors (Lipinski definition) is 3. The third kappa shape index (κ3) is 1.42. The molecule has 0 aliphatic heterocycles. The zero-order valence-electron chi connectivity index (χ0n) is 7.05. The second-order valence-electron chi connectivity index (χ2n) is 2.77. The normalized spacial score (nSPS) is 10.6. The smallest absolute Gasteiger partial charge is 0.274 e. The van der Waals surface area contributed by atoms with Gasteiger partial charge in [0, 0.05) is 18.5 Å². The SMILES string of the molecule is O=[N+]([O-])c1ccn2cc(CCl)nc2c1. The first-order chi connectivity index (χ1) is 6.70. The molecule has 0 spiro atoms. The highest BCUT2D eigenvalue weighted by Crippen LogP contribution is 2.14. The van der Waals surface area contributed by atoms with Gasteiger partial charge in [0.1, 0.15) is 5.65 Å². The molecule has 0 atom stereocenters. The fraction of sp³-hybridized carbons (Fsp3) is 0.125. The highest BCUT2D eigenvalue weighted by atomic mass is 35.5. The van der Waals surface area contributed by atoms with Gasteiger partial charge in [-0.15, -0.1) is 11.6 Å². The number of pyridine rings is 1. The summed E-state index contributed by atoms with van der Waals surface area (Å²) in [7, 11) is 0. The summed E-state index contributed by atoms with van der Waals surface area (Å²) in [4.78, 5) is 14.1. The molecule has 0 aromatic carbocycles. The van der Waals surface area contributed by atoms with Crippen molar-refractivity contribution in [1.82, 2.24) is 9.38 Å². The van der Waals surface area contributed by atoms with Crippen LogP contribution in [0.3, 0.4) is 0 Å². The Labute approximate surface area is 84.1 Å². The topological polar surface area (TPSA) is 60.4 Å². The molecule has 0 unspecified atom stereocenters. The Morgan fingerprint density at radius 2 is 2.43 bits per heavy atom. The maximum absolute atomic E-state index is 10.5. The number of fused-ring (bicyclic) bond motifs is 1. The molecule has 0 amide bonds. The van der Waals surface area contributed by atoms with E-state index in [0.29, 0.717) is 17.2 Å². The van der Waals surface area contributed by atoms with Crippen LogP contribution in [0.4, 0.5) is 5.69 Å². The van der Waals surface area contributed by atoms with Gasteiger partial charge in [0.2, 0.25) is 0 Å². The Bertz CT molecular complexity index is 494. The van der Waals surface area contributed by atoms with Crippen LogP contribution in [0.15, 0.2) is 24.5 Å². The van der Waals surface area contributed by atoms with Crippen LogP contribution in [0.2, 0.25) is 0 Å². The van der Waals surface area contributed by atoms with Crippen LogP contribution < -0.4 is 0 Å². The fourth-order valence-corrected chi connectivity index (χ4v) is 1.33. The second kappa shape index (κ2) is 3.26. The van der Waals surface area contributed by atoms with E-state index in [4.69, 9.17) is 11.6 Å². The summed E-state index contributed by atoms with van der Waals surface area (Å²) >= 11 is 5.59. The molecule has 0 saturated heterocycles. The quantitative estimate of drug-likeness (QED) is 0.434. The van der Waals surface area contributed by atoms with Crippen LogP contribution >= 0.6 is 11.6 Å². The largest absolute Gasteiger partial charge is 0.306 e. The molecule has 72 valence electrons. The maximum atomic E-state index is 10.5. The third-order valence-corrected chi connectivity index (χ3v) is 2.12. The summed E-state index contributed by atoms with van der Waals surface area (Å²) in [5, 5.41) is 10.5. The average molecular weight is 212 g/mol. The van der Waals surface area contributed by atoms with Crippen molar-refractivity contribution in [3.8, 4) is 0 Å². The van der Waals surface area contributed by atoms with Crippen LogP contribution in [0.25, 0.3) is 5.65 Å². The minimum Gasteiger partial charge on any atom is -0.306 e. The molecule has 14 heavy (non-hydrogen) atoms. The molecule has 0 aliphatic carbocycles. The van der Waals surface area contributed by atoms with Gasteiger partial charge in [0.15, 0.2) is 0 Å². The number of alkyl halides is 1. The van der Waals surface area contributed by atoms with E-state index in [-0.39, 0.29) is 5.69 Å². The minimum atomic E-state index is -0.449. The lowest BCUT2D eigenvalue weighted by Crippen LogP contribution is -1.89. The lowest BCUT2D eigenvalue weighted by molar-refractivity contribution is -0.384. The monoisotopic (exact) mass is 211 g/mol. The second-order valence-corrected chi connectivity index (χ2v) is 3.04. The van der Waals surface area contributed by atoms with Crippen LogP contribution in [0, 0.1) is 10.1 Å². The van der Waals surface area contributed by atoms with Gasteiger partial charge in [-0.05, 0) is 0 Å². The van der Waals surface area contributed by atoms with E-state index in [0.717, 1.165) is 0 Å². The van der Waals surface area contributed by atoms with E-state index < -0.39 is 4.92 Å². The maximum Gasteiger partial charge on any atom is 0.274 e. The summed E-state index contributed by atoms with van der Waals surface area (Å²) in [5.41, 5.74) is 1.27. The first kappa shape index (κ1) is 8.96. The summed E-state index contributed by atoms with van der Waals surface area (Å²) in [5.74, 6) is 0.301. The summed E-state index contributed by atoms with van der Waals surface area (Å²) in [6.07, 6.45) is 3.34. The Morgan fingerprint density at radius 3 is 3.07 bits per heavy atom. The number of nitrogens with zero attached hydrogens (tertiary/aromatic N) is 3. The van der Waals surface area contributed by atoms with Gasteiger partial charge < -0.3 is 4.40 Å². The van der Waals surface area contributed by atoms with E-state index in [9.17, 15) is 10.1 Å². The molecule has 0 aliphatic rings. The molecule has 0 radical (unpaired) electrons. The molecule has 2 heterocycles. The summed E-state index contributed by atoms with van der Waals surface area (Å²) in [6.45, 7) is 0. The molecule has 6 heteroatoms.